The fraction of sp³-hybridized carbons (Fsp3) is 0.359. The quantitative estimate of drug-likeness (QED) is 0.172. The van der Waals surface area contributed by atoms with Crippen LogP contribution < -0.4 is 24.3 Å². The van der Waals surface area contributed by atoms with E-state index in [9.17, 15) is 18.5 Å². The molecule has 1 saturated carbocycles. The Hall–Kier alpha value is -4.83. The van der Waals surface area contributed by atoms with Gasteiger partial charge in [0.2, 0.25) is 10.0 Å². The van der Waals surface area contributed by atoms with Gasteiger partial charge in [0.15, 0.2) is 11.5 Å². The van der Waals surface area contributed by atoms with Crippen molar-refractivity contribution in [3.05, 3.63) is 99.8 Å². The molecule has 4 aromatic rings. The number of sulfonamides is 1. The predicted molar refractivity (Wildman–Crippen MR) is 195 cm³/mol. The maximum Gasteiger partial charge on any atom is 0.253 e. The molecule has 1 atom stereocenters. The summed E-state index contributed by atoms with van der Waals surface area (Å²) in [6.07, 6.45) is 6.40. The minimum Gasteiger partial charge on any atom is -0.488 e. The number of nitriles is 1. The largest absolute Gasteiger partial charge is 0.488 e. The number of pyridine rings is 1. The second-order valence-electron chi connectivity index (χ2n) is 13.2. The highest BCUT2D eigenvalue weighted by Crippen LogP contribution is 2.39. The van der Waals surface area contributed by atoms with Crippen LogP contribution in [-0.4, -0.2) is 54.7 Å². The van der Waals surface area contributed by atoms with Crippen LogP contribution in [0.4, 0.5) is 0 Å². The van der Waals surface area contributed by atoms with Crippen molar-refractivity contribution < 1.29 is 32.2 Å². The average molecular weight is 743 g/mol. The van der Waals surface area contributed by atoms with E-state index < -0.39 is 27.2 Å². The molecule has 13 heteroatoms. The summed E-state index contributed by atoms with van der Waals surface area (Å²) in [5.41, 5.74) is 5.38. The van der Waals surface area contributed by atoms with Gasteiger partial charge in [0.25, 0.3) is 5.91 Å². The van der Waals surface area contributed by atoms with E-state index in [-0.39, 0.29) is 24.8 Å². The van der Waals surface area contributed by atoms with Gasteiger partial charge in [-0.3, -0.25) is 9.78 Å². The van der Waals surface area contributed by atoms with Crippen molar-refractivity contribution in [1.29, 1.82) is 5.26 Å². The van der Waals surface area contributed by atoms with Gasteiger partial charge in [-0.05, 0) is 85.7 Å². The van der Waals surface area contributed by atoms with Crippen LogP contribution in [0.5, 0.6) is 23.0 Å². The van der Waals surface area contributed by atoms with Gasteiger partial charge in [0.1, 0.15) is 44.0 Å². The highest BCUT2D eigenvalue weighted by molar-refractivity contribution is 7.90. The van der Waals surface area contributed by atoms with E-state index in [4.69, 9.17) is 30.5 Å². The van der Waals surface area contributed by atoms with Gasteiger partial charge in [-0.2, -0.15) is 5.26 Å². The third kappa shape index (κ3) is 7.82. The molecule has 52 heavy (non-hydrogen) atoms. The second-order valence-corrected chi connectivity index (χ2v) is 15.7. The SMILES string of the molecule is Cc1c(COc2cc(OCc3cncc(C#N)c3)c(CN(C(=O)[C@@H]3CCCCN3)S(=O)(=O)C3CC3)cc2Cl)cccc1-c1ccc2c(c1)OCCO2. The number of fused-ring (bicyclic) bond motifs is 1. The summed E-state index contributed by atoms with van der Waals surface area (Å²) in [4.78, 5) is 17.9. The molecule has 1 amide bonds. The molecule has 0 spiro atoms. The molecular weight excluding hydrogens is 704 g/mol. The number of piperidine rings is 1. The van der Waals surface area contributed by atoms with Crippen LogP contribution in [0.3, 0.4) is 0 Å². The van der Waals surface area contributed by atoms with Crippen LogP contribution in [-0.2, 0) is 34.6 Å². The van der Waals surface area contributed by atoms with Gasteiger partial charge in [-0.1, -0.05) is 42.3 Å². The number of aromatic nitrogens is 1. The summed E-state index contributed by atoms with van der Waals surface area (Å²) >= 11 is 6.84. The van der Waals surface area contributed by atoms with E-state index >= 15 is 0 Å². The molecule has 11 nitrogen and oxygen atoms in total. The zero-order valence-corrected chi connectivity index (χ0v) is 30.3. The van der Waals surface area contributed by atoms with Crippen molar-refractivity contribution in [3.63, 3.8) is 0 Å². The summed E-state index contributed by atoms with van der Waals surface area (Å²) in [6.45, 7) is 3.66. The number of hydrogen-bond acceptors (Lipinski definition) is 10. The molecule has 1 aliphatic carbocycles. The van der Waals surface area contributed by atoms with Gasteiger partial charge in [-0.15, -0.1) is 0 Å². The van der Waals surface area contributed by atoms with Crippen molar-refractivity contribution in [3.8, 4) is 40.2 Å². The standard InChI is InChI=1S/C39H39ClN4O7S/c1-25-29(5-4-6-32(25)28-8-11-35-38(17-28)49-14-13-48-35)24-51-37-18-36(50-23-27-15-26(19-41)20-42-21-27)30(16-33(37)40)22-44(52(46,47)31-9-10-31)39(45)34-7-2-3-12-43-34/h4-6,8,11,15-18,20-21,31,34,43H,2-3,7,9-10,12-14,22-24H2,1H3/t34-/m0/s1. The molecule has 270 valence electrons. The molecule has 3 heterocycles. The van der Waals surface area contributed by atoms with E-state index in [2.05, 4.69) is 16.4 Å². The molecule has 1 saturated heterocycles. The Morgan fingerprint density at radius 1 is 0.981 bits per heavy atom. The van der Waals surface area contributed by atoms with Crippen LogP contribution in [0.15, 0.2) is 67.0 Å². The molecule has 1 aromatic heterocycles. The average Bonchev–Trinajstić information content (AvgIpc) is 4.03. The number of carbonyl (C=O) groups is 1. The zero-order chi connectivity index (χ0) is 36.2. The maximum atomic E-state index is 13.8. The molecular formula is C39H39ClN4O7S. The number of hydrogen-bond donors (Lipinski definition) is 1. The molecule has 3 aliphatic rings. The molecule has 0 radical (unpaired) electrons. The zero-order valence-electron chi connectivity index (χ0n) is 28.8. The van der Waals surface area contributed by atoms with Crippen molar-refractivity contribution in [2.24, 2.45) is 0 Å². The van der Waals surface area contributed by atoms with Crippen LogP contribution in [0.1, 0.15) is 59.9 Å². The van der Waals surface area contributed by atoms with Gasteiger partial charge in [0, 0.05) is 29.6 Å². The van der Waals surface area contributed by atoms with E-state index in [0.29, 0.717) is 73.0 Å². The smallest absolute Gasteiger partial charge is 0.253 e. The number of benzene rings is 3. The van der Waals surface area contributed by atoms with Gasteiger partial charge < -0.3 is 24.3 Å². The minimum atomic E-state index is -3.92. The summed E-state index contributed by atoms with van der Waals surface area (Å²) in [7, 11) is -3.92. The van der Waals surface area contributed by atoms with Crippen molar-refractivity contribution in [2.75, 3.05) is 19.8 Å². The molecule has 3 aromatic carbocycles. The first-order chi connectivity index (χ1) is 25.2. The second kappa shape index (κ2) is 15.4. The molecule has 0 bridgehead atoms. The van der Waals surface area contributed by atoms with Crippen LogP contribution >= 0.6 is 11.6 Å². The van der Waals surface area contributed by atoms with E-state index in [0.717, 1.165) is 45.2 Å². The van der Waals surface area contributed by atoms with Gasteiger partial charge in [-0.25, -0.2) is 12.7 Å². The Morgan fingerprint density at radius 2 is 1.79 bits per heavy atom. The Bertz CT molecular complexity index is 2130. The third-order valence-corrected chi connectivity index (χ3v) is 12.1. The van der Waals surface area contributed by atoms with Gasteiger partial charge in [0.05, 0.1) is 28.4 Å². The number of amides is 1. The summed E-state index contributed by atoms with van der Waals surface area (Å²) in [5.74, 6) is 1.57. The first kappa shape index (κ1) is 35.6. The lowest BCUT2D eigenvalue weighted by molar-refractivity contribution is -0.129. The topological polar surface area (TPSA) is 140 Å². The molecule has 0 unspecified atom stereocenters. The van der Waals surface area contributed by atoms with E-state index in [1.165, 1.54) is 6.20 Å². The fourth-order valence-electron chi connectivity index (χ4n) is 6.48. The molecule has 2 fully saturated rings. The first-order valence-electron chi connectivity index (χ1n) is 17.4. The first-order valence-corrected chi connectivity index (χ1v) is 19.3. The van der Waals surface area contributed by atoms with Crippen LogP contribution in [0, 0.1) is 18.3 Å². The maximum absolute atomic E-state index is 13.8. The fourth-order valence-corrected chi connectivity index (χ4v) is 8.51. The van der Waals surface area contributed by atoms with Crippen molar-refractivity contribution >= 4 is 27.5 Å². The normalized spacial score (nSPS) is 16.8. The molecule has 2 aliphatic heterocycles. The summed E-state index contributed by atoms with van der Waals surface area (Å²) in [6, 6.07) is 18.3. The number of halogens is 1. The van der Waals surface area contributed by atoms with E-state index in [1.807, 2.05) is 43.3 Å². The number of carbonyl (C=O) groups excluding carboxylic acids is 1. The predicted octanol–water partition coefficient (Wildman–Crippen LogP) is 6.47. The van der Waals surface area contributed by atoms with Crippen LogP contribution in [0.2, 0.25) is 5.02 Å². The Kier molecular flexibility index (Phi) is 10.5. The summed E-state index contributed by atoms with van der Waals surface area (Å²) in [5, 5.41) is 12.2. The number of nitrogens with one attached hydrogen (secondary N) is 1. The molecule has 7 rings (SSSR count). The Labute approximate surface area is 308 Å². The lowest BCUT2D eigenvalue weighted by Gasteiger charge is -2.30. The number of nitrogens with zero attached hydrogens (tertiary/aromatic N) is 3. The highest BCUT2D eigenvalue weighted by atomic mass is 35.5. The number of rotatable bonds is 12. The Balaban J connectivity index is 1.18. The van der Waals surface area contributed by atoms with Crippen LogP contribution in [0.25, 0.3) is 11.1 Å². The van der Waals surface area contributed by atoms with Crippen molar-refractivity contribution in [2.45, 2.75) is 70.1 Å². The molecule has 1 N–H and O–H groups in total. The monoisotopic (exact) mass is 742 g/mol. The Morgan fingerprint density at radius 3 is 2.56 bits per heavy atom. The third-order valence-electron chi connectivity index (χ3n) is 9.54. The lowest BCUT2D eigenvalue weighted by Crippen LogP contribution is -2.51. The number of ether oxygens (including phenoxy) is 4. The lowest BCUT2D eigenvalue weighted by atomic mass is 9.96. The summed E-state index contributed by atoms with van der Waals surface area (Å²) < 4.78 is 52.5. The highest BCUT2D eigenvalue weighted by Gasteiger charge is 2.44. The minimum absolute atomic E-state index is 0.0286. The van der Waals surface area contributed by atoms with Crippen molar-refractivity contribution in [1.82, 2.24) is 14.6 Å². The van der Waals surface area contributed by atoms with E-state index in [1.54, 1.807) is 24.4 Å². The van der Waals surface area contributed by atoms with Gasteiger partial charge >= 0.3 is 0 Å².